The van der Waals surface area contributed by atoms with Crippen molar-refractivity contribution in [3.8, 4) is 0 Å². The van der Waals surface area contributed by atoms with Gasteiger partial charge >= 0.3 is 5.97 Å². The highest BCUT2D eigenvalue weighted by molar-refractivity contribution is 7.99. The first-order valence-corrected chi connectivity index (χ1v) is 11.0. The molecule has 1 atom stereocenters. The third-order valence-electron chi connectivity index (χ3n) is 3.83. The molecule has 0 spiro atoms. The van der Waals surface area contributed by atoms with Gasteiger partial charge in [0, 0.05) is 27.2 Å². The SMILES string of the molecule is [2H]C(CCCC([2H])([2H])C(=O)O)(CCSCc1ccccc1)SCc1ccccc1. The van der Waals surface area contributed by atoms with Crippen molar-refractivity contribution in [1.29, 1.82) is 0 Å². The Bertz CT molecular complexity index is 744. The van der Waals surface area contributed by atoms with Crippen molar-refractivity contribution in [2.45, 2.75) is 48.8 Å². The fourth-order valence-electron chi connectivity index (χ4n) is 2.46. The molecule has 0 fully saturated rings. The number of benzene rings is 2. The molecule has 2 aromatic rings. The van der Waals surface area contributed by atoms with E-state index in [1.807, 2.05) is 48.5 Å². The van der Waals surface area contributed by atoms with Crippen molar-refractivity contribution in [1.82, 2.24) is 0 Å². The Morgan fingerprint density at radius 3 is 2.19 bits per heavy atom. The molecule has 0 aromatic heterocycles. The van der Waals surface area contributed by atoms with Gasteiger partial charge in [-0.1, -0.05) is 67.1 Å². The number of hydrogen-bond donors (Lipinski definition) is 1. The predicted octanol–water partition coefficient (Wildman–Crippen LogP) is 6.26. The first kappa shape index (κ1) is 16.8. The van der Waals surface area contributed by atoms with Crippen LogP contribution in [0.25, 0.3) is 0 Å². The van der Waals surface area contributed by atoms with E-state index in [1.54, 1.807) is 23.5 Å². The molecule has 0 aliphatic carbocycles. The average molecular weight is 392 g/mol. The van der Waals surface area contributed by atoms with E-state index >= 15 is 0 Å². The molecule has 2 nitrogen and oxygen atoms in total. The van der Waals surface area contributed by atoms with Crippen LogP contribution in [0.4, 0.5) is 0 Å². The minimum Gasteiger partial charge on any atom is -0.481 e. The second kappa shape index (κ2) is 12.9. The Kier molecular flexibility index (Phi) is 8.30. The van der Waals surface area contributed by atoms with Crippen LogP contribution in [0.15, 0.2) is 60.7 Å². The molecule has 2 aromatic carbocycles. The van der Waals surface area contributed by atoms with Crippen molar-refractivity contribution < 1.29 is 14.0 Å². The smallest absolute Gasteiger partial charge is 0.303 e. The van der Waals surface area contributed by atoms with Crippen LogP contribution in [0, 0.1) is 0 Å². The number of hydrogen-bond acceptors (Lipinski definition) is 3. The van der Waals surface area contributed by atoms with Crippen LogP contribution < -0.4 is 0 Å². The predicted molar refractivity (Wildman–Crippen MR) is 115 cm³/mol. The normalized spacial score (nSPS) is 15.5. The van der Waals surface area contributed by atoms with Crippen molar-refractivity contribution in [3.05, 3.63) is 71.8 Å². The minimum absolute atomic E-state index is 0.0635. The summed E-state index contributed by atoms with van der Waals surface area (Å²) in [5, 5.41) is 8.22. The fourth-order valence-corrected chi connectivity index (χ4v) is 4.65. The van der Waals surface area contributed by atoms with Crippen LogP contribution in [0.5, 0.6) is 0 Å². The molecule has 0 bridgehead atoms. The van der Waals surface area contributed by atoms with Gasteiger partial charge in [-0.3, -0.25) is 4.79 Å². The molecule has 0 saturated heterocycles. The highest BCUT2D eigenvalue weighted by atomic mass is 32.2. The van der Waals surface area contributed by atoms with E-state index in [-0.39, 0.29) is 6.42 Å². The molecule has 4 heteroatoms. The lowest BCUT2D eigenvalue weighted by molar-refractivity contribution is -0.137. The zero-order valence-electron chi connectivity index (χ0n) is 17.9. The Morgan fingerprint density at radius 2 is 1.58 bits per heavy atom. The second-order valence-corrected chi connectivity index (χ2v) is 8.20. The van der Waals surface area contributed by atoms with E-state index in [1.165, 1.54) is 5.56 Å². The van der Waals surface area contributed by atoms with Crippen LogP contribution in [0.1, 0.15) is 47.3 Å². The summed E-state index contributed by atoms with van der Waals surface area (Å²) in [5.41, 5.74) is 2.42. The van der Waals surface area contributed by atoms with Crippen LogP contribution in [-0.4, -0.2) is 22.1 Å². The zero-order chi connectivity index (χ0) is 21.2. The highest BCUT2D eigenvalue weighted by Gasteiger charge is 2.10. The van der Waals surface area contributed by atoms with Crippen LogP contribution in [0.2, 0.25) is 0 Å². The summed E-state index contributed by atoms with van der Waals surface area (Å²) in [7, 11) is 0. The van der Waals surface area contributed by atoms with Gasteiger partial charge in [0.1, 0.15) is 0 Å². The van der Waals surface area contributed by atoms with E-state index in [2.05, 4.69) is 12.1 Å². The van der Waals surface area contributed by atoms with Crippen molar-refractivity contribution in [2.24, 2.45) is 0 Å². The number of aliphatic carboxylic acids is 1. The summed E-state index contributed by atoms with van der Waals surface area (Å²) in [6.07, 6.45) is -0.756. The topological polar surface area (TPSA) is 37.3 Å². The van der Waals surface area contributed by atoms with Crippen LogP contribution in [-0.2, 0) is 16.3 Å². The van der Waals surface area contributed by atoms with Gasteiger partial charge in [0.15, 0.2) is 0 Å². The first-order valence-electron chi connectivity index (χ1n) is 10.3. The van der Waals surface area contributed by atoms with E-state index in [0.717, 1.165) is 22.8 Å². The fraction of sp³-hybridized carbons (Fsp3) is 0.409. The molecule has 1 unspecified atom stereocenters. The second-order valence-electron chi connectivity index (χ2n) is 5.94. The summed E-state index contributed by atoms with van der Waals surface area (Å²) in [4.78, 5) is 11.0. The Labute approximate surface area is 170 Å². The number of thioether (sulfide) groups is 2. The van der Waals surface area contributed by atoms with Gasteiger partial charge in [0.2, 0.25) is 0 Å². The number of carbonyl (C=O) groups is 1. The van der Waals surface area contributed by atoms with Crippen molar-refractivity contribution in [3.63, 3.8) is 0 Å². The largest absolute Gasteiger partial charge is 0.481 e. The van der Waals surface area contributed by atoms with Crippen molar-refractivity contribution in [2.75, 3.05) is 5.75 Å². The van der Waals surface area contributed by atoms with E-state index in [9.17, 15) is 4.79 Å². The van der Waals surface area contributed by atoms with Gasteiger partial charge in [-0.25, -0.2) is 0 Å². The highest BCUT2D eigenvalue weighted by Crippen LogP contribution is 2.27. The van der Waals surface area contributed by atoms with Gasteiger partial charge in [-0.15, -0.1) is 0 Å². The summed E-state index contributed by atoms with van der Waals surface area (Å²) in [6, 6.07) is 20.3. The summed E-state index contributed by atoms with van der Waals surface area (Å²) in [5.74, 6) is 1.04. The molecule has 140 valence electrons. The third-order valence-corrected chi connectivity index (χ3v) is 6.16. The number of carboxylic acids is 1. The molecule has 1 N–H and O–H groups in total. The molecular weight excluding hydrogens is 360 g/mol. The molecule has 0 heterocycles. The van der Waals surface area contributed by atoms with Gasteiger partial charge in [-0.2, -0.15) is 23.5 Å². The molecule has 0 radical (unpaired) electrons. The van der Waals surface area contributed by atoms with Crippen LogP contribution >= 0.6 is 23.5 Å². The molecule has 0 aliphatic heterocycles. The summed E-state index contributed by atoms with van der Waals surface area (Å²) >= 11 is 3.36. The molecule has 26 heavy (non-hydrogen) atoms. The minimum atomic E-state index is -2.23. The molecular formula is C22H28O2S2. The molecule has 0 aliphatic rings. The Morgan fingerprint density at radius 1 is 0.962 bits per heavy atom. The molecule has 0 amide bonds. The number of carboxylic acid groups (broad SMARTS) is 1. The van der Waals surface area contributed by atoms with Crippen molar-refractivity contribution >= 4 is 29.5 Å². The van der Waals surface area contributed by atoms with Gasteiger partial charge in [0.25, 0.3) is 0 Å². The molecule has 2 rings (SSSR count). The quantitative estimate of drug-likeness (QED) is 0.409. The monoisotopic (exact) mass is 391 g/mol. The third kappa shape index (κ3) is 9.35. The van der Waals surface area contributed by atoms with E-state index in [4.69, 9.17) is 9.22 Å². The van der Waals surface area contributed by atoms with Crippen LogP contribution in [0.3, 0.4) is 0 Å². The maximum atomic E-state index is 11.0. The van der Waals surface area contributed by atoms with Gasteiger partial charge < -0.3 is 5.11 Å². The Balaban J connectivity index is 1.89. The van der Waals surface area contributed by atoms with E-state index in [0.29, 0.717) is 19.3 Å². The first-order chi connectivity index (χ1) is 13.8. The lowest BCUT2D eigenvalue weighted by Gasteiger charge is -2.16. The standard InChI is InChI=1S/C22H28O2S2/c23-22(24)14-8-7-13-21(26-18-20-11-5-2-6-12-20)15-16-25-17-19-9-3-1-4-10-19/h1-6,9-12,21H,7-8,13-18H2,(H,23,24)/i14D2,21D. The lowest BCUT2D eigenvalue weighted by atomic mass is 10.1. The summed E-state index contributed by atoms with van der Waals surface area (Å²) < 4.78 is 24.1. The maximum Gasteiger partial charge on any atom is 0.303 e. The van der Waals surface area contributed by atoms with E-state index < -0.39 is 17.6 Å². The zero-order valence-corrected chi connectivity index (χ0v) is 16.5. The lowest BCUT2D eigenvalue weighted by Crippen LogP contribution is -2.06. The van der Waals surface area contributed by atoms with Gasteiger partial charge in [-0.05, 0) is 36.1 Å². The Hall–Kier alpha value is -1.39. The number of rotatable bonds is 13. The average Bonchev–Trinajstić information content (AvgIpc) is 2.71. The van der Waals surface area contributed by atoms with Gasteiger partial charge in [0.05, 0.1) is 0 Å². The summed E-state index contributed by atoms with van der Waals surface area (Å²) in [6.45, 7) is 0. The molecule has 0 saturated carbocycles. The maximum absolute atomic E-state index is 11.0.